The molecule has 0 bridgehead atoms. The first-order valence-electron chi connectivity index (χ1n) is 5.80. The van der Waals surface area contributed by atoms with Crippen LogP contribution < -0.4 is 9.64 Å². The summed E-state index contributed by atoms with van der Waals surface area (Å²) in [6.07, 6.45) is -0.772. The molecule has 2 rings (SSSR count). The molecule has 0 unspecified atom stereocenters. The fourth-order valence-corrected chi connectivity index (χ4v) is 1.56. The molecular weight excluding hydrogens is 238 g/mol. The first-order valence-corrected chi connectivity index (χ1v) is 5.80. The number of aromatic nitrogens is 2. The maximum atomic E-state index is 11.1. The van der Waals surface area contributed by atoms with E-state index in [1.165, 1.54) is 0 Å². The first kappa shape index (κ1) is 12.6. The van der Waals surface area contributed by atoms with Crippen molar-refractivity contribution < 1.29 is 19.0 Å². The summed E-state index contributed by atoms with van der Waals surface area (Å²) < 4.78 is 14.7. The zero-order chi connectivity index (χ0) is 12.8. The second-order valence-electron chi connectivity index (χ2n) is 3.61. The van der Waals surface area contributed by atoms with E-state index >= 15 is 0 Å². The molecule has 1 fully saturated rings. The van der Waals surface area contributed by atoms with Crippen LogP contribution in [-0.4, -0.2) is 49.3 Å². The Labute approximate surface area is 105 Å². The van der Waals surface area contributed by atoms with Crippen LogP contribution in [0.4, 0.5) is 10.6 Å². The third-order valence-electron chi connectivity index (χ3n) is 2.41. The molecule has 0 amide bonds. The molecule has 18 heavy (non-hydrogen) atoms. The van der Waals surface area contributed by atoms with Gasteiger partial charge < -0.3 is 19.1 Å². The number of anilines is 1. The van der Waals surface area contributed by atoms with Gasteiger partial charge in [-0.15, -0.1) is 10.2 Å². The van der Waals surface area contributed by atoms with Crippen molar-refractivity contribution in [3.63, 3.8) is 0 Å². The zero-order valence-electron chi connectivity index (χ0n) is 10.2. The second kappa shape index (κ2) is 6.15. The van der Waals surface area contributed by atoms with Crippen LogP contribution in [0.25, 0.3) is 0 Å². The maximum Gasteiger partial charge on any atom is 0.515 e. The van der Waals surface area contributed by atoms with Crippen molar-refractivity contribution in [3.05, 3.63) is 12.1 Å². The van der Waals surface area contributed by atoms with Crippen LogP contribution in [0.5, 0.6) is 5.88 Å². The minimum Gasteiger partial charge on any atom is -0.434 e. The molecule has 0 radical (unpaired) electrons. The van der Waals surface area contributed by atoms with Crippen molar-refractivity contribution in [1.82, 2.24) is 10.2 Å². The Morgan fingerprint density at radius 1 is 1.39 bits per heavy atom. The number of carbonyl (C=O) groups is 1. The molecule has 1 saturated heterocycles. The summed E-state index contributed by atoms with van der Waals surface area (Å²) >= 11 is 0. The monoisotopic (exact) mass is 253 g/mol. The highest BCUT2D eigenvalue weighted by Gasteiger charge is 2.13. The number of ether oxygens (including phenoxy) is 3. The Balaban J connectivity index is 1.94. The van der Waals surface area contributed by atoms with Crippen LogP contribution in [-0.2, 0) is 9.47 Å². The Hall–Kier alpha value is -1.89. The van der Waals surface area contributed by atoms with Gasteiger partial charge in [0, 0.05) is 19.2 Å². The molecule has 0 aliphatic carbocycles. The number of rotatable bonds is 3. The molecule has 0 atom stereocenters. The van der Waals surface area contributed by atoms with E-state index in [2.05, 4.69) is 19.8 Å². The Kier molecular flexibility index (Phi) is 4.30. The molecule has 0 aromatic carbocycles. The van der Waals surface area contributed by atoms with Crippen LogP contribution >= 0.6 is 0 Å². The van der Waals surface area contributed by atoms with Crippen molar-refractivity contribution in [2.75, 3.05) is 37.8 Å². The van der Waals surface area contributed by atoms with Gasteiger partial charge in [0.1, 0.15) is 0 Å². The second-order valence-corrected chi connectivity index (χ2v) is 3.61. The van der Waals surface area contributed by atoms with E-state index in [0.29, 0.717) is 13.2 Å². The van der Waals surface area contributed by atoms with Crippen LogP contribution in [0.3, 0.4) is 0 Å². The van der Waals surface area contributed by atoms with Crippen molar-refractivity contribution in [2.45, 2.75) is 6.92 Å². The summed E-state index contributed by atoms with van der Waals surface area (Å²) in [7, 11) is 0. The molecule has 1 aliphatic rings. The van der Waals surface area contributed by atoms with Gasteiger partial charge >= 0.3 is 6.16 Å². The molecule has 1 aromatic heterocycles. The van der Waals surface area contributed by atoms with E-state index in [9.17, 15) is 4.79 Å². The molecule has 2 heterocycles. The summed E-state index contributed by atoms with van der Waals surface area (Å²) in [5, 5.41) is 7.82. The van der Waals surface area contributed by atoms with Gasteiger partial charge in [0.25, 0.3) is 0 Å². The molecule has 1 aromatic rings. The van der Waals surface area contributed by atoms with Crippen LogP contribution in [0.1, 0.15) is 6.92 Å². The van der Waals surface area contributed by atoms with Crippen LogP contribution in [0.15, 0.2) is 12.1 Å². The van der Waals surface area contributed by atoms with Crippen molar-refractivity contribution in [1.29, 1.82) is 0 Å². The number of carbonyl (C=O) groups excluding carboxylic acids is 1. The van der Waals surface area contributed by atoms with Gasteiger partial charge in [-0.25, -0.2) is 4.79 Å². The van der Waals surface area contributed by atoms with Gasteiger partial charge in [-0.05, 0) is 13.0 Å². The Morgan fingerprint density at radius 2 is 2.17 bits per heavy atom. The SMILES string of the molecule is CCOC(=O)Oc1ccc(N2CCOCC2)nn1. The zero-order valence-corrected chi connectivity index (χ0v) is 10.2. The van der Waals surface area contributed by atoms with Crippen molar-refractivity contribution in [2.24, 2.45) is 0 Å². The summed E-state index contributed by atoms with van der Waals surface area (Å²) in [6.45, 7) is 4.90. The minimum atomic E-state index is -0.772. The van der Waals surface area contributed by atoms with E-state index in [1.54, 1.807) is 19.1 Å². The number of hydrogen-bond acceptors (Lipinski definition) is 7. The fraction of sp³-hybridized carbons (Fsp3) is 0.545. The highest BCUT2D eigenvalue weighted by Crippen LogP contribution is 2.14. The van der Waals surface area contributed by atoms with Crippen molar-refractivity contribution >= 4 is 12.0 Å². The van der Waals surface area contributed by atoms with Gasteiger partial charge in [0.2, 0.25) is 5.88 Å². The normalized spacial score (nSPS) is 15.3. The summed E-state index contributed by atoms with van der Waals surface area (Å²) in [5.41, 5.74) is 0. The summed E-state index contributed by atoms with van der Waals surface area (Å²) in [5.74, 6) is 0.875. The maximum absolute atomic E-state index is 11.1. The number of morpholine rings is 1. The van der Waals surface area contributed by atoms with Gasteiger partial charge in [-0.1, -0.05) is 0 Å². The van der Waals surface area contributed by atoms with E-state index in [1.807, 2.05) is 0 Å². The van der Waals surface area contributed by atoms with Gasteiger partial charge in [0.15, 0.2) is 5.82 Å². The quantitative estimate of drug-likeness (QED) is 0.739. The summed E-state index contributed by atoms with van der Waals surface area (Å²) in [4.78, 5) is 13.1. The fourth-order valence-electron chi connectivity index (χ4n) is 1.56. The molecule has 0 saturated carbocycles. The third-order valence-corrected chi connectivity index (χ3v) is 2.41. The molecule has 7 nitrogen and oxygen atoms in total. The van der Waals surface area contributed by atoms with E-state index in [4.69, 9.17) is 9.47 Å². The van der Waals surface area contributed by atoms with Crippen LogP contribution in [0.2, 0.25) is 0 Å². The predicted molar refractivity (Wildman–Crippen MR) is 62.7 cm³/mol. The molecular formula is C11H15N3O4. The topological polar surface area (TPSA) is 73.8 Å². The van der Waals surface area contributed by atoms with E-state index < -0.39 is 6.16 Å². The van der Waals surface area contributed by atoms with Crippen molar-refractivity contribution in [3.8, 4) is 5.88 Å². The van der Waals surface area contributed by atoms with Gasteiger partial charge in [-0.2, -0.15) is 0 Å². The van der Waals surface area contributed by atoms with Crippen LogP contribution in [0, 0.1) is 0 Å². The van der Waals surface area contributed by atoms with E-state index in [-0.39, 0.29) is 12.5 Å². The Morgan fingerprint density at radius 3 is 2.78 bits per heavy atom. The van der Waals surface area contributed by atoms with E-state index in [0.717, 1.165) is 18.9 Å². The summed E-state index contributed by atoms with van der Waals surface area (Å²) in [6, 6.07) is 3.35. The number of hydrogen-bond donors (Lipinski definition) is 0. The lowest BCUT2D eigenvalue weighted by molar-refractivity contribution is 0.102. The smallest absolute Gasteiger partial charge is 0.434 e. The molecule has 1 aliphatic heterocycles. The third kappa shape index (κ3) is 3.30. The molecule has 0 N–H and O–H groups in total. The Bertz CT molecular complexity index is 390. The lowest BCUT2D eigenvalue weighted by atomic mass is 10.4. The predicted octanol–water partition coefficient (Wildman–Crippen LogP) is 0.849. The first-order chi connectivity index (χ1) is 8.79. The lowest BCUT2D eigenvalue weighted by Crippen LogP contribution is -2.36. The molecule has 0 spiro atoms. The number of nitrogens with zero attached hydrogens (tertiary/aromatic N) is 3. The lowest BCUT2D eigenvalue weighted by Gasteiger charge is -2.27. The average Bonchev–Trinajstić information content (AvgIpc) is 2.41. The van der Waals surface area contributed by atoms with Gasteiger partial charge in [-0.3, -0.25) is 0 Å². The van der Waals surface area contributed by atoms with Gasteiger partial charge in [0.05, 0.1) is 19.8 Å². The average molecular weight is 253 g/mol. The largest absolute Gasteiger partial charge is 0.515 e. The molecule has 98 valence electrons. The minimum absolute atomic E-state index is 0.130. The highest BCUT2D eigenvalue weighted by atomic mass is 16.7. The highest BCUT2D eigenvalue weighted by molar-refractivity contribution is 5.63. The standard InChI is InChI=1S/C11H15N3O4/c1-2-17-11(15)18-10-4-3-9(12-13-10)14-5-7-16-8-6-14/h3-4H,2,5-8H2,1H3. The molecule has 7 heteroatoms.